The Morgan fingerprint density at radius 2 is 2.32 bits per heavy atom. The highest BCUT2D eigenvalue weighted by atomic mass is 32.1. The summed E-state index contributed by atoms with van der Waals surface area (Å²) >= 11 is 1.59. The van der Waals surface area contributed by atoms with E-state index in [-0.39, 0.29) is 17.9 Å². The van der Waals surface area contributed by atoms with Gasteiger partial charge in [0.05, 0.1) is 22.3 Å². The van der Waals surface area contributed by atoms with Gasteiger partial charge < -0.3 is 4.74 Å². The molecule has 2 aromatic rings. The predicted octanol–water partition coefficient (Wildman–Crippen LogP) is 3.69. The van der Waals surface area contributed by atoms with Crippen molar-refractivity contribution in [3.05, 3.63) is 45.7 Å². The molecule has 0 spiro atoms. The van der Waals surface area contributed by atoms with Crippen LogP contribution in [0.4, 0.5) is 4.39 Å². The van der Waals surface area contributed by atoms with Crippen LogP contribution in [0.2, 0.25) is 0 Å². The van der Waals surface area contributed by atoms with Crippen LogP contribution >= 0.6 is 11.3 Å². The van der Waals surface area contributed by atoms with Gasteiger partial charge in [0.15, 0.2) is 11.6 Å². The van der Waals surface area contributed by atoms with E-state index in [4.69, 9.17) is 10.00 Å². The lowest BCUT2D eigenvalue weighted by atomic mass is 10.2. The molecule has 0 radical (unpaired) electrons. The van der Waals surface area contributed by atoms with Crippen molar-refractivity contribution in [2.45, 2.75) is 26.4 Å². The van der Waals surface area contributed by atoms with Crippen LogP contribution in [-0.4, -0.2) is 4.98 Å². The summed E-state index contributed by atoms with van der Waals surface area (Å²) in [6.07, 6.45) is 2.01. The lowest BCUT2D eigenvalue weighted by Crippen LogP contribution is -1.98. The highest BCUT2D eigenvalue weighted by Gasteiger charge is 2.07. The molecule has 0 unspecified atom stereocenters. The van der Waals surface area contributed by atoms with E-state index in [0.717, 1.165) is 23.5 Å². The SMILES string of the molecule is CCCc1nc(COc2ccc(C#N)cc2F)cs1. The van der Waals surface area contributed by atoms with Crippen LogP contribution in [0.3, 0.4) is 0 Å². The smallest absolute Gasteiger partial charge is 0.166 e. The van der Waals surface area contributed by atoms with E-state index >= 15 is 0 Å². The highest BCUT2D eigenvalue weighted by Crippen LogP contribution is 2.20. The molecule has 1 heterocycles. The summed E-state index contributed by atoms with van der Waals surface area (Å²) in [6, 6.07) is 6.04. The predicted molar refractivity (Wildman–Crippen MR) is 71.6 cm³/mol. The zero-order chi connectivity index (χ0) is 13.7. The Bertz CT molecular complexity index is 604. The van der Waals surface area contributed by atoms with Gasteiger partial charge in [0, 0.05) is 5.38 Å². The summed E-state index contributed by atoms with van der Waals surface area (Å²) in [7, 11) is 0. The maximum absolute atomic E-state index is 13.6. The van der Waals surface area contributed by atoms with Crippen LogP contribution in [0, 0.1) is 17.1 Å². The summed E-state index contributed by atoms with van der Waals surface area (Å²) in [5.74, 6) is -0.382. The van der Waals surface area contributed by atoms with Crippen LogP contribution in [0.15, 0.2) is 23.6 Å². The van der Waals surface area contributed by atoms with E-state index in [1.165, 1.54) is 18.2 Å². The van der Waals surface area contributed by atoms with E-state index in [1.807, 2.05) is 11.4 Å². The maximum atomic E-state index is 13.6. The van der Waals surface area contributed by atoms with Gasteiger partial charge in [-0.3, -0.25) is 0 Å². The number of aromatic nitrogens is 1. The minimum atomic E-state index is -0.525. The van der Waals surface area contributed by atoms with E-state index in [1.54, 1.807) is 11.3 Å². The van der Waals surface area contributed by atoms with E-state index in [2.05, 4.69) is 11.9 Å². The second kappa shape index (κ2) is 6.30. The third kappa shape index (κ3) is 3.52. The Morgan fingerprint density at radius 3 is 3.00 bits per heavy atom. The molecule has 0 saturated carbocycles. The number of rotatable bonds is 5. The Labute approximate surface area is 115 Å². The van der Waals surface area contributed by atoms with Crippen molar-refractivity contribution < 1.29 is 9.13 Å². The lowest BCUT2D eigenvalue weighted by Gasteiger charge is -2.05. The minimum absolute atomic E-state index is 0.143. The van der Waals surface area contributed by atoms with Gasteiger partial charge >= 0.3 is 0 Å². The normalized spacial score (nSPS) is 10.2. The monoisotopic (exact) mass is 276 g/mol. The molecule has 0 atom stereocenters. The third-order valence-corrected chi connectivity index (χ3v) is 3.46. The third-order valence-electron chi connectivity index (χ3n) is 2.50. The zero-order valence-corrected chi connectivity index (χ0v) is 11.3. The molecule has 0 amide bonds. The molecule has 98 valence electrons. The van der Waals surface area contributed by atoms with Gasteiger partial charge in [-0.15, -0.1) is 11.3 Å². The topological polar surface area (TPSA) is 45.9 Å². The highest BCUT2D eigenvalue weighted by molar-refractivity contribution is 7.09. The molecule has 0 N–H and O–H groups in total. The summed E-state index contributed by atoms with van der Waals surface area (Å²) in [5.41, 5.74) is 1.08. The van der Waals surface area contributed by atoms with Crippen molar-refractivity contribution in [2.24, 2.45) is 0 Å². The Balaban J connectivity index is 2.00. The van der Waals surface area contributed by atoms with Gasteiger partial charge in [-0.05, 0) is 31.0 Å². The first kappa shape index (κ1) is 13.5. The van der Waals surface area contributed by atoms with Crippen LogP contribution in [0.25, 0.3) is 0 Å². The number of nitriles is 1. The number of benzene rings is 1. The first-order valence-corrected chi connectivity index (χ1v) is 6.86. The number of aryl methyl sites for hydroxylation is 1. The van der Waals surface area contributed by atoms with E-state index in [9.17, 15) is 4.39 Å². The molecule has 0 aliphatic carbocycles. The average Bonchev–Trinajstić information content (AvgIpc) is 2.85. The Kier molecular flexibility index (Phi) is 4.48. The van der Waals surface area contributed by atoms with Crippen LogP contribution < -0.4 is 4.74 Å². The van der Waals surface area contributed by atoms with Crippen molar-refractivity contribution in [1.82, 2.24) is 4.98 Å². The number of nitrogens with zero attached hydrogens (tertiary/aromatic N) is 2. The zero-order valence-electron chi connectivity index (χ0n) is 10.5. The summed E-state index contributed by atoms with van der Waals surface area (Å²) in [4.78, 5) is 4.40. The molecule has 0 fully saturated rings. The molecule has 5 heteroatoms. The second-order valence-corrected chi connectivity index (χ2v) is 4.97. The first-order valence-electron chi connectivity index (χ1n) is 5.98. The molecular weight excluding hydrogens is 263 g/mol. The number of hydrogen-bond acceptors (Lipinski definition) is 4. The fourth-order valence-electron chi connectivity index (χ4n) is 1.58. The number of ether oxygens (including phenoxy) is 1. The van der Waals surface area contributed by atoms with Gasteiger partial charge in [-0.25, -0.2) is 9.37 Å². The van der Waals surface area contributed by atoms with Crippen molar-refractivity contribution in [1.29, 1.82) is 5.26 Å². The molecule has 3 nitrogen and oxygen atoms in total. The van der Waals surface area contributed by atoms with Crippen molar-refractivity contribution in [2.75, 3.05) is 0 Å². The molecule has 1 aromatic carbocycles. The molecule has 0 aliphatic heterocycles. The molecule has 1 aromatic heterocycles. The van der Waals surface area contributed by atoms with Crippen molar-refractivity contribution in [3.8, 4) is 11.8 Å². The van der Waals surface area contributed by atoms with Crippen LogP contribution in [0.1, 0.15) is 29.6 Å². The van der Waals surface area contributed by atoms with Gasteiger partial charge in [-0.2, -0.15) is 5.26 Å². The fraction of sp³-hybridized carbons (Fsp3) is 0.286. The molecule has 2 rings (SSSR count). The Hall–Kier alpha value is -1.93. The largest absolute Gasteiger partial charge is 0.484 e. The quantitative estimate of drug-likeness (QED) is 0.836. The number of hydrogen-bond donors (Lipinski definition) is 0. The molecule has 0 aliphatic rings. The Morgan fingerprint density at radius 1 is 1.47 bits per heavy atom. The van der Waals surface area contributed by atoms with Gasteiger partial charge in [-0.1, -0.05) is 6.92 Å². The van der Waals surface area contributed by atoms with Crippen LogP contribution in [0.5, 0.6) is 5.75 Å². The second-order valence-electron chi connectivity index (χ2n) is 4.03. The lowest BCUT2D eigenvalue weighted by molar-refractivity contribution is 0.286. The molecule has 0 bridgehead atoms. The average molecular weight is 276 g/mol. The minimum Gasteiger partial charge on any atom is -0.484 e. The van der Waals surface area contributed by atoms with Gasteiger partial charge in [0.2, 0.25) is 0 Å². The van der Waals surface area contributed by atoms with Crippen molar-refractivity contribution in [3.63, 3.8) is 0 Å². The van der Waals surface area contributed by atoms with Gasteiger partial charge in [0.25, 0.3) is 0 Å². The standard InChI is InChI=1S/C14H13FN2OS/c1-2-3-14-17-11(9-19-14)8-18-13-5-4-10(7-16)6-12(13)15/h4-6,9H,2-3,8H2,1H3. The molecular formula is C14H13FN2OS. The summed E-state index contributed by atoms with van der Waals surface area (Å²) in [5, 5.41) is 11.6. The maximum Gasteiger partial charge on any atom is 0.166 e. The fourth-order valence-corrected chi connectivity index (χ4v) is 2.47. The van der Waals surface area contributed by atoms with E-state index in [0.29, 0.717) is 0 Å². The first-order chi connectivity index (χ1) is 9.22. The number of halogens is 1. The van der Waals surface area contributed by atoms with Crippen molar-refractivity contribution >= 4 is 11.3 Å². The number of thiazole rings is 1. The van der Waals surface area contributed by atoms with Crippen LogP contribution in [-0.2, 0) is 13.0 Å². The molecule has 19 heavy (non-hydrogen) atoms. The van der Waals surface area contributed by atoms with Gasteiger partial charge in [0.1, 0.15) is 6.61 Å². The summed E-state index contributed by atoms with van der Waals surface area (Å²) < 4.78 is 18.9. The molecule has 0 saturated heterocycles. The summed E-state index contributed by atoms with van der Waals surface area (Å²) in [6.45, 7) is 2.34. The van der Waals surface area contributed by atoms with E-state index < -0.39 is 5.82 Å².